The molecule has 1 heterocycles. The van der Waals surface area contributed by atoms with E-state index in [0.717, 1.165) is 6.04 Å². The second kappa shape index (κ2) is 4.91. The first kappa shape index (κ1) is 10.1. The summed E-state index contributed by atoms with van der Waals surface area (Å²) in [6.07, 6.45) is 4.40. The molecule has 2 rings (SSSR count). The van der Waals surface area contributed by atoms with Gasteiger partial charge in [-0.1, -0.05) is 0 Å². The highest BCUT2D eigenvalue weighted by Crippen LogP contribution is 2.29. The van der Waals surface area contributed by atoms with Crippen molar-refractivity contribution in [3.63, 3.8) is 0 Å². The minimum absolute atomic E-state index is 0.540. The normalized spacial score (nSPS) is 36.7. The Morgan fingerprint density at radius 2 is 2.08 bits per heavy atom. The van der Waals surface area contributed by atoms with E-state index >= 15 is 0 Å². The zero-order chi connectivity index (χ0) is 9.10. The lowest BCUT2D eigenvalue weighted by atomic mass is 9.88. The fourth-order valence-electron chi connectivity index (χ4n) is 2.23. The van der Waals surface area contributed by atoms with Crippen molar-refractivity contribution in [3.05, 3.63) is 0 Å². The zero-order valence-electron chi connectivity index (χ0n) is 7.92. The molecule has 0 unspecified atom stereocenters. The summed E-state index contributed by atoms with van der Waals surface area (Å²) in [4.78, 5) is 2.65. The molecule has 0 atom stereocenters. The number of rotatable bonds is 2. The summed E-state index contributed by atoms with van der Waals surface area (Å²) in [5.41, 5.74) is 0. The van der Waals surface area contributed by atoms with Crippen LogP contribution in [-0.4, -0.2) is 43.2 Å². The van der Waals surface area contributed by atoms with Crippen molar-refractivity contribution in [1.29, 1.82) is 0 Å². The van der Waals surface area contributed by atoms with Gasteiger partial charge in [0, 0.05) is 25.6 Å². The molecule has 76 valence electrons. The summed E-state index contributed by atoms with van der Waals surface area (Å²) in [5.74, 6) is 0. The molecule has 0 spiro atoms. The first-order valence-electron chi connectivity index (χ1n) is 5.23. The molecule has 2 N–H and O–H groups in total. The number of nitrogens with two attached hydrogens (primary N) is 1. The van der Waals surface area contributed by atoms with Gasteiger partial charge in [-0.2, -0.15) is 0 Å². The van der Waals surface area contributed by atoms with Crippen LogP contribution < -0.4 is 5.32 Å². The van der Waals surface area contributed by atoms with E-state index in [2.05, 4.69) is 10.2 Å². The summed E-state index contributed by atoms with van der Waals surface area (Å²) >= 11 is 2.03. The summed E-state index contributed by atoms with van der Waals surface area (Å²) in [7, 11) is 0. The molecule has 0 aromatic carbocycles. The first-order valence-corrected chi connectivity index (χ1v) is 6.11. The van der Waals surface area contributed by atoms with E-state index in [9.17, 15) is 0 Å². The van der Waals surface area contributed by atoms with Crippen LogP contribution in [-0.2, 0) is 3.07 Å². The van der Waals surface area contributed by atoms with Crippen LogP contribution in [0.3, 0.4) is 0 Å². The van der Waals surface area contributed by atoms with E-state index in [1.807, 2.05) is 23.0 Å². The molecule has 2 aliphatic rings. The number of halogens is 1. The third-order valence-corrected chi connectivity index (χ3v) is 3.91. The van der Waals surface area contributed by atoms with E-state index in [4.69, 9.17) is 3.07 Å². The molecule has 2 fully saturated rings. The molecule has 0 radical (unpaired) electrons. The van der Waals surface area contributed by atoms with Crippen LogP contribution in [0, 0.1) is 0 Å². The topological polar surface area (TPSA) is 29.1 Å². The lowest BCUT2D eigenvalue weighted by Crippen LogP contribution is -2.84. The average molecular weight is 297 g/mol. The zero-order valence-corrected chi connectivity index (χ0v) is 10.1. The number of hydrogen-bond donors (Lipinski definition) is 1. The highest BCUT2D eigenvalue weighted by atomic mass is 127. The van der Waals surface area contributed by atoms with E-state index in [1.165, 1.54) is 45.4 Å². The number of quaternary nitrogens is 1. The highest BCUT2D eigenvalue weighted by Gasteiger charge is 2.34. The molecule has 3 nitrogen and oxygen atoms in total. The maximum atomic E-state index is 5.27. The van der Waals surface area contributed by atoms with Gasteiger partial charge < -0.3 is 8.38 Å². The van der Waals surface area contributed by atoms with E-state index in [-0.39, 0.29) is 0 Å². The van der Waals surface area contributed by atoms with Gasteiger partial charge in [0.1, 0.15) is 23.0 Å². The largest absolute Gasteiger partial charge is 0.345 e. The molecule has 13 heavy (non-hydrogen) atoms. The molecule has 1 aliphatic heterocycles. The van der Waals surface area contributed by atoms with E-state index in [0.29, 0.717) is 6.10 Å². The van der Waals surface area contributed by atoms with Crippen LogP contribution in [0.15, 0.2) is 0 Å². The van der Waals surface area contributed by atoms with Crippen LogP contribution in [0.1, 0.15) is 19.3 Å². The molecule has 0 bridgehead atoms. The quantitative estimate of drug-likeness (QED) is 0.735. The molecular formula is C9H18IN2O+. The first-order chi connectivity index (χ1) is 6.40. The fraction of sp³-hybridized carbons (Fsp3) is 1.00. The van der Waals surface area contributed by atoms with Gasteiger partial charge in [0.15, 0.2) is 0 Å². The van der Waals surface area contributed by atoms with Gasteiger partial charge in [-0.25, -0.2) is 0 Å². The van der Waals surface area contributed by atoms with Crippen molar-refractivity contribution in [1.82, 2.24) is 4.90 Å². The summed E-state index contributed by atoms with van der Waals surface area (Å²) in [5, 5.41) is 2.44. The lowest BCUT2D eigenvalue weighted by Gasteiger charge is -2.40. The van der Waals surface area contributed by atoms with Gasteiger partial charge in [0.25, 0.3) is 0 Å². The van der Waals surface area contributed by atoms with Crippen LogP contribution in [0.25, 0.3) is 0 Å². The lowest BCUT2D eigenvalue weighted by molar-refractivity contribution is -0.651. The van der Waals surface area contributed by atoms with Crippen molar-refractivity contribution >= 4 is 23.0 Å². The molecule has 1 saturated heterocycles. The average Bonchev–Trinajstić information content (AvgIpc) is 2.31. The molecule has 0 aromatic heterocycles. The van der Waals surface area contributed by atoms with Gasteiger partial charge in [-0.3, -0.25) is 4.90 Å². The predicted octanol–water partition coefficient (Wildman–Crippen LogP) is 0.153. The third-order valence-electron chi connectivity index (χ3n) is 3.19. The van der Waals surface area contributed by atoms with E-state index in [1.54, 1.807) is 0 Å². The van der Waals surface area contributed by atoms with Gasteiger partial charge in [-0.15, -0.1) is 0 Å². The van der Waals surface area contributed by atoms with Crippen molar-refractivity contribution in [3.8, 4) is 0 Å². The van der Waals surface area contributed by atoms with Crippen LogP contribution >= 0.6 is 23.0 Å². The van der Waals surface area contributed by atoms with Crippen molar-refractivity contribution in [2.24, 2.45) is 0 Å². The predicted molar refractivity (Wildman–Crippen MR) is 59.8 cm³/mol. The minimum atomic E-state index is 0.540. The Hall–Kier alpha value is 0.610. The standard InChI is InChI=1S/C9H17IN2O/c10-13-9-6-8(7-9)12-4-1-2-11-3-5-12/h8-9,11H,1-7H2/p+1. The Bertz CT molecular complexity index is 154. The Labute approximate surface area is 93.9 Å². The maximum absolute atomic E-state index is 5.27. The molecule has 1 aliphatic carbocycles. The highest BCUT2D eigenvalue weighted by molar-refractivity contribution is 14.1. The van der Waals surface area contributed by atoms with E-state index < -0.39 is 0 Å². The maximum Gasteiger partial charge on any atom is 0.110 e. The molecular weight excluding hydrogens is 279 g/mol. The van der Waals surface area contributed by atoms with Crippen molar-refractivity contribution in [2.45, 2.75) is 31.4 Å². The fourth-order valence-corrected chi connectivity index (χ4v) is 2.64. The van der Waals surface area contributed by atoms with Crippen LogP contribution in [0.4, 0.5) is 0 Å². The summed E-state index contributed by atoms with van der Waals surface area (Å²) in [6.45, 7) is 5.18. The second-order valence-electron chi connectivity index (χ2n) is 4.09. The summed E-state index contributed by atoms with van der Waals surface area (Å²) in [6, 6.07) is 0.825. The van der Waals surface area contributed by atoms with Crippen molar-refractivity contribution in [2.75, 3.05) is 26.2 Å². The monoisotopic (exact) mass is 297 g/mol. The second-order valence-corrected chi connectivity index (χ2v) is 4.60. The number of hydrogen-bond acceptors (Lipinski definition) is 2. The molecule has 4 heteroatoms. The van der Waals surface area contributed by atoms with Crippen LogP contribution in [0.5, 0.6) is 0 Å². The van der Waals surface area contributed by atoms with Crippen LogP contribution in [0.2, 0.25) is 0 Å². The van der Waals surface area contributed by atoms with Gasteiger partial charge >= 0.3 is 0 Å². The van der Waals surface area contributed by atoms with Gasteiger partial charge in [0.05, 0.1) is 19.2 Å². The molecule has 0 aromatic rings. The van der Waals surface area contributed by atoms with Gasteiger partial charge in [0.2, 0.25) is 0 Å². The SMILES string of the molecule is IOC1CC(N2CCC[NH2+]CC2)C1. The van der Waals surface area contributed by atoms with Gasteiger partial charge in [-0.05, 0) is 12.8 Å². The number of nitrogens with zero attached hydrogens (tertiary/aromatic N) is 1. The van der Waals surface area contributed by atoms with Crippen molar-refractivity contribution < 1.29 is 8.38 Å². The Morgan fingerprint density at radius 3 is 2.85 bits per heavy atom. The Balaban J connectivity index is 1.74. The Kier molecular flexibility index (Phi) is 3.83. The summed E-state index contributed by atoms with van der Waals surface area (Å²) < 4.78 is 5.27. The molecule has 1 saturated carbocycles. The smallest absolute Gasteiger partial charge is 0.110 e. The molecule has 0 amide bonds. The Morgan fingerprint density at radius 1 is 1.23 bits per heavy atom. The third kappa shape index (κ3) is 2.55. The minimum Gasteiger partial charge on any atom is -0.345 e.